The number of amides is 2. The lowest BCUT2D eigenvalue weighted by Crippen LogP contribution is -2.51. The van der Waals surface area contributed by atoms with Crippen molar-refractivity contribution in [2.75, 3.05) is 25.1 Å². The first-order valence-electron chi connectivity index (χ1n) is 12.1. The first-order valence-corrected chi connectivity index (χ1v) is 12.1. The fourth-order valence-electron chi connectivity index (χ4n) is 5.23. The van der Waals surface area contributed by atoms with Gasteiger partial charge in [-0.3, -0.25) is 14.3 Å². The van der Waals surface area contributed by atoms with E-state index in [-0.39, 0.29) is 47.1 Å². The van der Waals surface area contributed by atoms with Gasteiger partial charge in [0, 0.05) is 31.9 Å². The number of hydrogen-bond acceptors (Lipinski definition) is 6. The lowest BCUT2D eigenvalue weighted by atomic mass is 9.77. The highest BCUT2D eigenvalue weighted by Gasteiger charge is 2.50. The Hall–Kier alpha value is -3.49. The number of likely N-dealkylation sites (tertiary alicyclic amines) is 1. The number of carbonyl (C=O) groups is 2. The van der Waals surface area contributed by atoms with Crippen molar-refractivity contribution in [3.63, 3.8) is 0 Å². The van der Waals surface area contributed by atoms with E-state index >= 15 is 0 Å². The van der Waals surface area contributed by atoms with Crippen molar-refractivity contribution < 1.29 is 19.1 Å². The summed E-state index contributed by atoms with van der Waals surface area (Å²) in [4.78, 5) is 42.3. The summed E-state index contributed by atoms with van der Waals surface area (Å²) in [5, 5.41) is 0. The topological polar surface area (TPSA) is 93.1 Å². The van der Waals surface area contributed by atoms with Gasteiger partial charge in [0.1, 0.15) is 18.4 Å². The van der Waals surface area contributed by atoms with E-state index in [0.29, 0.717) is 19.6 Å². The molecule has 2 amide bonds. The van der Waals surface area contributed by atoms with Crippen LogP contribution in [-0.4, -0.2) is 57.9 Å². The van der Waals surface area contributed by atoms with Gasteiger partial charge >= 0.3 is 6.09 Å². The molecule has 4 heterocycles. The molecule has 35 heavy (non-hydrogen) atoms. The molecule has 5 rings (SSSR count). The zero-order chi connectivity index (χ0) is 24.8. The third kappa shape index (κ3) is 4.59. The molecule has 0 saturated carbocycles. The van der Waals surface area contributed by atoms with Crippen LogP contribution in [0.2, 0.25) is 0 Å². The molecule has 9 nitrogen and oxygen atoms in total. The molecule has 186 valence electrons. The van der Waals surface area contributed by atoms with Crippen LogP contribution >= 0.6 is 0 Å². The van der Waals surface area contributed by atoms with Gasteiger partial charge in [-0.1, -0.05) is 30.3 Å². The van der Waals surface area contributed by atoms with E-state index in [4.69, 9.17) is 9.47 Å². The van der Waals surface area contributed by atoms with Gasteiger partial charge in [0.2, 0.25) is 5.43 Å². The number of carbonyl (C=O) groups excluding carboxylic acids is 2. The largest absolute Gasteiger partial charge is 0.482 e. The van der Waals surface area contributed by atoms with Crippen molar-refractivity contribution in [2.45, 2.75) is 58.4 Å². The third-order valence-electron chi connectivity index (χ3n) is 7.02. The minimum Gasteiger partial charge on any atom is -0.482 e. The number of piperidine rings is 1. The molecule has 2 aromatic rings. The van der Waals surface area contributed by atoms with Crippen LogP contribution in [0.4, 0.5) is 4.79 Å². The van der Waals surface area contributed by atoms with Gasteiger partial charge in [0.05, 0.1) is 0 Å². The minimum absolute atomic E-state index is 0.0630. The Balaban J connectivity index is 1.30. The Bertz CT molecular complexity index is 1180. The van der Waals surface area contributed by atoms with E-state index in [9.17, 15) is 14.4 Å². The zero-order valence-corrected chi connectivity index (χ0v) is 20.5. The van der Waals surface area contributed by atoms with Crippen LogP contribution in [0.15, 0.2) is 47.4 Å². The Kier molecular flexibility index (Phi) is 5.73. The number of fused-ring (bicyclic) bond motifs is 2. The van der Waals surface area contributed by atoms with Crippen molar-refractivity contribution in [1.29, 1.82) is 0 Å². The van der Waals surface area contributed by atoms with Gasteiger partial charge in [-0.25, -0.2) is 4.79 Å². The van der Waals surface area contributed by atoms with Crippen molar-refractivity contribution in [3.05, 3.63) is 64.1 Å². The molecule has 2 fully saturated rings. The number of hydrogen-bond donors (Lipinski definition) is 1. The van der Waals surface area contributed by atoms with E-state index in [2.05, 4.69) is 5.43 Å². The Morgan fingerprint density at radius 3 is 2.51 bits per heavy atom. The highest BCUT2D eigenvalue weighted by molar-refractivity contribution is 5.96. The number of nitrogens with one attached hydrogen (secondary N) is 1. The number of rotatable bonds is 3. The maximum atomic E-state index is 13.6. The molecule has 1 spiro atoms. The number of nitrogens with zero attached hydrogens (tertiary/aromatic N) is 3. The van der Waals surface area contributed by atoms with Gasteiger partial charge in [-0.05, 0) is 51.0 Å². The van der Waals surface area contributed by atoms with Gasteiger partial charge in [-0.2, -0.15) is 0 Å². The average Bonchev–Trinajstić information content (AvgIpc) is 3.16. The summed E-state index contributed by atoms with van der Waals surface area (Å²) >= 11 is 0. The van der Waals surface area contributed by atoms with Crippen molar-refractivity contribution in [3.8, 4) is 5.75 Å². The zero-order valence-electron chi connectivity index (χ0n) is 20.5. The molecular formula is C26H32N4O5. The normalized spacial score (nSPS) is 20.8. The first-order chi connectivity index (χ1) is 16.6. The molecular weight excluding hydrogens is 448 g/mol. The van der Waals surface area contributed by atoms with E-state index < -0.39 is 5.60 Å². The summed E-state index contributed by atoms with van der Waals surface area (Å²) in [5.74, 6) is -0.144. The Labute approximate surface area is 204 Å². The average molecular weight is 481 g/mol. The predicted molar refractivity (Wildman–Crippen MR) is 130 cm³/mol. The smallest absolute Gasteiger partial charge is 0.410 e. The molecule has 1 aromatic heterocycles. The van der Waals surface area contributed by atoms with Crippen LogP contribution in [0, 0.1) is 5.41 Å². The molecule has 3 aliphatic rings. The number of pyridine rings is 1. The van der Waals surface area contributed by atoms with Gasteiger partial charge in [-0.15, -0.1) is 0 Å². The van der Waals surface area contributed by atoms with Crippen LogP contribution in [0.5, 0.6) is 5.75 Å². The predicted octanol–water partition coefficient (Wildman–Crippen LogP) is 3.17. The van der Waals surface area contributed by atoms with E-state index in [0.717, 1.165) is 24.8 Å². The van der Waals surface area contributed by atoms with E-state index in [1.807, 2.05) is 56.0 Å². The second kappa shape index (κ2) is 8.62. The van der Waals surface area contributed by atoms with Gasteiger partial charge in [0.15, 0.2) is 11.4 Å². The molecule has 1 unspecified atom stereocenters. The van der Waals surface area contributed by atoms with Crippen LogP contribution in [0.1, 0.15) is 56.1 Å². The van der Waals surface area contributed by atoms with Crippen LogP contribution in [-0.2, 0) is 11.3 Å². The lowest BCUT2D eigenvalue weighted by Gasteiger charge is -2.39. The summed E-state index contributed by atoms with van der Waals surface area (Å²) in [7, 11) is 0. The van der Waals surface area contributed by atoms with E-state index in [1.54, 1.807) is 15.8 Å². The van der Waals surface area contributed by atoms with Crippen LogP contribution < -0.4 is 15.6 Å². The second-order valence-corrected chi connectivity index (χ2v) is 10.8. The maximum Gasteiger partial charge on any atom is 0.410 e. The fraction of sp³-hybridized carbons (Fsp3) is 0.500. The molecule has 2 saturated heterocycles. The van der Waals surface area contributed by atoms with Gasteiger partial charge in [0.25, 0.3) is 5.91 Å². The highest BCUT2D eigenvalue weighted by atomic mass is 16.6. The van der Waals surface area contributed by atoms with Crippen molar-refractivity contribution in [2.24, 2.45) is 5.41 Å². The molecule has 0 radical (unpaired) electrons. The molecule has 3 aliphatic heterocycles. The second-order valence-electron chi connectivity index (χ2n) is 10.8. The van der Waals surface area contributed by atoms with Crippen LogP contribution in [0.3, 0.4) is 0 Å². The minimum atomic E-state index is -0.528. The van der Waals surface area contributed by atoms with Crippen molar-refractivity contribution >= 4 is 12.0 Å². The van der Waals surface area contributed by atoms with Crippen molar-refractivity contribution in [1.82, 2.24) is 14.5 Å². The number of aromatic nitrogens is 1. The number of ether oxygens (including phenoxy) is 2. The maximum absolute atomic E-state index is 13.6. The Morgan fingerprint density at radius 2 is 1.83 bits per heavy atom. The van der Waals surface area contributed by atoms with Gasteiger partial charge < -0.3 is 24.7 Å². The van der Waals surface area contributed by atoms with E-state index in [1.165, 1.54) is 6.07 Å². The molecule has 9 heteroatoms. The molecule has 1 aromatic carbocycles. The summed E-state index contributed by atoms with van der Waals surface area (Å²) in [6.07, 6.45) is 3.50. The SMILES string of the molecule is CC(C)(C)OC(=O)N1CCC2(CC1)CC1Nn3ccc(=O)c(OCc4ccccc4)c3C(=O)N1C2. The summed E-state index contributed by atoms with van der Waals surface area (Å²) < 4.78 is 13.0. The molecule has 1 atom stereocenters. The fourth-order valence-corrected chi connectivity index (χ4v) is 5.23. The number of benzene rings is 1. The summed E-state index contributed by atoms with van der Waals surface area (Å²) in [5.41, 5.74) is 3.61. The standard InChI is InChI=1S/C26H32N4O5/c1-25(2,3)35-24(33)28-13-10-26(11-14-28)15-20-27-30-12-9-19(31)22(21(30)23(32)29(20)17-26)34-16-18-7-5-4-6-8-18/h4-9,12,20,27H,10-11,13-17H2,1-3H3. The summed E-state index contributed by atoms with van der Waals surface area (Å²) in [6, 6.07) is 11.0. The first kappa shape index (κ1) is 23.3. The monoisotopic (exact) mass is 480 g/mol. The quantitative estimate of drug-likeness (QED) is 0.726. The lowest BCUT2D eigenvalue weighted by molar-refractivity contribution is 0.0108. The summed E-state index contributed by atoms with van der Waals surface area (Å²) in [6.45, 7) is 7.57. The highest BCUT2D eigenvalue weighted by Crippen LogP contribution is 2.45. The third-order valence-corrected chi connectivity index (χ3v) is 7.02. The van der Waals surface area contributed by atoms with Crippen LogP contribution in [0.25, 0.3) is 0 Å². The molecule has 0 aliphatic carbocycles. The Morgan fingerprint density at radius 1 is 1.11 bits per heavy atom. The molecule has 1 N–H and O–H groups in total. The molecule has 0 bridgehead atoms.